The Balaban J connectivity index is 3.00. The van der Waals surface area contributed by atoms with Crippen LogP contribution in [0.5, 0.6) is 0 Å². The van der Waals surface area contributed by atoms with Crippen molar-refractivity contribution >= 4 is 11.6 Å². The maximum absolute atomic E-state index is 11.0. The van der Waals surface area contributed by atoms with Gasteiger partial charge in [0, 0.05) is 6.20 Å². The molecule has 0 spiro atoms. The van der Waals surface area contributed by atoms with Gasteiger partial charge in [-0.25, -0.2) is 5.84 Å². The molecule has 0 aliphatic carbocycles. The van der Waals surface area contributed by atoms with Crippen LogP contribution in [0, 0.1) is 0 Å². The Labute approximate surface area is 74.0 Å². The number of oxime groups is 1. The van der Waals surface area contributed by atoms with Gasteiger partial charge in [0.05, 0.1) is 5.69 Å². The number of nitrogens with two attached hydrogens (primary N) is 1. The third kappa shape index (κ3) is 2.00. The summed E-state index contributed by atoms with van der Waals surface area (Å²) in [4.78, 5) is 14.8. The maximum atomic E-state index is 11.0. The summed E-state index contributed by atoms with van der Waals surface area (Å²) in [6.45, 7) is 0. The molecule has 6 nitrogen and oxygen atoms in total. The van der Waals surface area contributed by atoms with E-state index in [4.69, 9.17) is 11.0 Å². The van der Waals surface area contributed by atoms with Crippen molar-refractivity contribution in [1.82, 2.24) is 10.4 Å². The van der Waals surface area contributed by atoms with E-state index in [1.54, 1.807) is 12.1 Å². The molecule has 13 heavy (non-hydrogen) atoms. The summed E-state index contributed by atoms with van der Waals surface area (Å²) in [5, 5.41) is 11.3. The van der Waals surface area contributed by atoms with Crippen LogP contribution in [0.15, 0.2) is 29.6 Å². The maximum Gasteiger partial charge on any atom is 0.289 e. The summed E-state index contributed by atoms with van der Waals surface area (Å²) in [5.41, 5.74) is 1.88. The van der Waals surface area contributed by atoms with Crippen LogP contribution >= 0.6 is 0 Å². The zero-order valence-electron chi connectivity index (χ0n) is 6.64. The van der Waals surface area contributed by atoms with Crippen molar-refractivity contribution in [3.05, 3.63) is 30.1 Å². The second kappa shape index (κ2) is 4.17. The van der Waals surface area contributed by atoms with Gasteiger partial charge in [-0.15, -0.1) is 0 Å². The van der Waals surface area contributed by atoms with Crippen molar-refractivity contribution in [2.45, 2.75) is 0 Å². The molecule has 0 saturated heterocycles. The van der Waals surface area contributed by atoms with E-state index in [-0.39, 0.29) is 11.4 Å². The molecule has 0 radical (unpaired) electrons. The van der Waals surface area contributed by atoms with E-state index < -0.39 is 5.91 Å². The summed E-state index contributed by atoms with van der Waals surface area (Å²) < 4.78 is 0. The van der Waals surface area contributed by atoms with Gasteiger partial charge in [0.25, 0.3) is 5.91 Å². The monoisotopic (exact) mass is 180 g/mol. The molecule has 0 aliphatic rings. The molecule has 0 bridgehead atoms. The predicted molar refractivity (Wildman–Crippen MR) is 44.9 cm³/mol. The number of amides is 1. The second-order valence-corrected chi connectivity index (χ2v) is 2.14. The van der Waals surface area contributed by atoms with Crippen LogP contribution in [-0.4, -0.2) is 21.8 Å². The van der Waals surface area contributed by atoms with E-state index in [1.165, 1.54) is 12.3 Å². The molecule has 1 aromatic heterocycles. The Morgan fingerprint density at radius 3 is 2.85 bits per heavy atom. The van der Waals surface area contributed by atoms with Gasteiger partial charge in [-0.3, -0.25) is 15.2 Å². The molecular formula is C7H8N4O2. The Morgan fingerprint density at radius 2 is 2.38 bits per heavy atom. The average molecular weight is 180 g/mol. The molecule has 1 rings (SSSR count). The highest BCUT2D eigenvalue weighted by molar-refractivity contribution is 6.44. The Hall–Kier alpha value is -1.95. The van der Waals surface area contributed by atoms with Crippen molar-refractivity contribution < 1.29 is 10.0 Å². The van der Waals surface area contributed by atoms with Crippen LogP contribution in [0.1, 0.15) is 5.69 Å². The van der Waals surface area contributed by atoms with E-state index >= 15 is 0 Å². The van der Waals surface area contributed by atoms with E-state index in [9.17, 15) is 4.79 Å². The number of hydrogen-bond donors (Lipinski definition) is 3. The van der Waals surface area contributed by atoms with Gasteiger partial charge in [-0.1, -0.05) is 11.2 Å². The third-order valence-corrected chi connectivity index (χ3v) is 1.35. The third-order valence-electron chi connectivity index (χ3n) is 1.35. The summed E-state index contributed by atoms with van der Waals surface area (Å²) >= 11 is 0. The number of nitrogens with zero attached hydrogens (tertiary/aromatic N) is 2. The minimum Gasteiger partial charge on any atom is -0.410 e. The molecule has 0 fully saturated rings. The number of pyridine rings is 1. The molecule has 0 atom stereocenters. The molecule has 0 saturated carbocycles. The molecule has 6 heteroatoms. The zero-order chi connectivity index (χ0) is 9.68. The first-order chi connectivity index (χ1) is 6.29. The van der Waals surface area contributed by atoms with Gasteiger partial charge in [0.1, 0.15) is 0 Å². The molecule has 1 aromatic rings. The number of carbonyl (C=O) groups excluding carboxylic acids is 1. The number of nitrogens with one attached hydrogen (secondary N) is 1. The molecule has 68 valence electrons. The fraction of sp³-hybridized carbons (Fsp3) is 0. The number of hydrazine groups is 1. The van der Waals surface area contributed by atoms with Gasteiger partial charge in [0.2, 0.25) is 0 Å². The fourth-order valence-corrected chi connectivity index (χ4v) is 0.784. The Bertz CT molecular complexity index is 323. The van der Waals surface area contributed by atoms with Crippen LogP contribution in [-0.2, 0) is 4.79 Å². The van der Waals surface area contributed by atoms with E-state index in [0.29, 0.717) is 0 Å². The smallest absolute Gasteiger partial charge is 0.289 e. The second-order valence-electron chi connectivity index (χ2n) is 2.14. The zero-order valence-corrected chi connectivity index (χ0v) is 6.64. The summed E-state index contributed by atoms with van der Waals surface area (Å²) in [6, 6.07) is 4.88. The Kier molecular flexibility index (Phi) is 2.93. The van der Waals surface area contributed by atoms with Crippen molar-refractivity contribution in [2.75, 3.05) is 0 Å². The lowest BCUT2D eigenvalue weighted by atomic mass is 10.2. The SMILES string of the molecule is NNC(=O)/C(=N\O)c1ccccn1. The first-order valence-electron chi connectivity index (χ1n) is 3.44. The minimum absolute atomic E-state index is 0.219. The summed E-state index contributed by atoms with van der Waals surface area (Å²) in [7, 11) is 0. The lowest BCUT2D eigenvalue weighted by Crippen LogP contribution is -2.37. The van der Waals surface area contributed by atoms with Crippen molar-refractivity contribution in [2.24, 2.45) is 11.0 Å². The van der Waals surface area contributed by atoms with E-state index in [0.717, 1.165) is 0 Å². The average Bonchev–Trinajstić information content (AvgIpc) is 2.20. The summed E-state index contributed by atoms with van der Waals surface area (Å²) in [6.07, 6.45) is 1.48. The largest absolute Gasteiger partial charge is 0.410 e. The van der Waals surface area contributed by atoms with Gasteiger partial charge in [0.15, 0.2) is 5.71 Å². The van der Waals surface area contributed by atoms with Crippen LogP contribution in [0.2, 0.25) is 0 Å². The van der Waals surface area contributed by atoms with E-state index in [1.807, 2.05) is 5.43 Å². The van der Waals surface area contributed by atoms with Crippen molar-refractivity contribution in [3.63, 3.8) is 0 Å². The van der Waals surface area contributed by atoms with Crippen LogP contribution in [0.4, 0.5) is 0 Å². The number of hydrogen-bond acceptors (Lipinski definition) is 5. The topological polar surface area (TPSA) is 101 Å². The van der Waals surface area contributed by atoms with Crippen molar-refractivity contribution in [3.8, 4) is 0 Å². The predicted octanol–water partition coefficient (Wildman–Crippen LogP) is -0.750. The molecule has 1 amide bonds. The number of aromatic nitrogens is 1. The van der Waals surface area contributed by atoms with Gasteiger partial charge in [-0.05, 0) is 12.1 Å². The number of carbonyl (C=O) groups is 1. The molecule has 0 aliphatic heterocycles. The van der Waals surface area contributed by atoms with Crippen LogP contribution in [0.25, 0.3) is 0 Å². The standard InChI is InChI=1S/C7H8N4O2/c8-10-7(12)6(11-13)5-3-1-2-4-9-5/h1-4,13H,8H2,(H,10,12)/b11-6-. The molecule has 0 unspecified atom stereocenters. The fourth-order valence-electron chi connectivity index (χ4n) is 0.784. The highest BCUT2D eigenvalue weighted by Crippen LogP contribution is 1.95. The van der Waals surface area contributed by atoms with Crippen LogP contribution in [0.3, 0.4) is 0 Å². The van der Waals surface area contributed by atoms with Crippen LogP contribution < -0.4 is 11.3 Å². The van der Waals surface area contributed by atoms with E-state index in [2.05, 4.69) is 10.1 Å². The first kappa shape index (κ1) is 9.14. The lowest BCUT2D eigenvalue weighted by Gasteiger charge is -2.00. The normalized spacial score (nSPS) is 11.0. The molecule has 1 heterocycles. The highest BCUT2D eigenvalue weighted by Gasteiger charge is 2.13. The van der Waals surface area contributed by atoms with Crippen molar-refractivity contribution in [1.29, 1.82) is 0 Å². The van der Waals surface area contributed by atoms with Gasteiger partial charge >= 0.3 is 0 Å². The van der Waals surface area contributed by atoms with Gasteiger partial charge < -0.3 is 5.21 Å². The molecular weight excluding hydrogens is 172 g/mol. The first-order valence-corrected chi connectivity index (χ1v) is 3.44. The lowest BCUT2D eigenvalue weighted by molar-refractivity contribution is -0.114. The quantitative estimate of drug-likeness (QED) is 0.183. The summed E-state index contributed by atoms with van der Waals surface area (Å²) in [5.74, 6) is 4.17. The highest BCUT2D eigenvalue weighted by atomic mass is 16.4. The molecule has 4 N–H and O–H groups in total. The number of rotatable bonds is 2. The molecule has 0 aromatic carbocycles. The minimum atomic E-state index is -0.693. The van der Waals surface area contributed by atoms with Gasteiger partial charge in [-0.2, -0.15) is 0 Å². The Morgan fingerprint density at radius 1 is 1.62 bits per heavy atom.